The summed E-state index contributed by atoms with van der Waals surface area (Å²) in [5.41, 5.74) is 2.80. The Balaban J connectivity index is 2.48. The smallest absolute Gasteiger partial charge is 0.0480 e. The number of rotatable bonds is 4. The number of hydrogen-bond acceptors (Lipinski definition) is 2. The van der Waals surface area contributed by atoms with Gasteiger partial charge in [-0.3, -0.25) is 0 Å². The maximum atomic E-state index is 4.21. The molecule has 0 radical (unpaired) electrons. The minimum Gasteiger partial charge on any atom is -0.350 e. The number of fused-ring (bicyclic) bond motifs is 1. The molecule has 0 aliphatic carbocycles. The summed E-state index contributed by atoms with van der Waals surface area (Å²) >= 11 is 4.21. The van der Waals surface area contributed by atoms with Gasteiger partial charge in [-0.2, -0.15) is 12.6 Å². The van der Waals surface area contributed by atoms with Crippen LogP contribution in [0.25, 0.3) is 10.9 Å². The molecule has 0 aliphatic heterocycles. The molecule has 0 fully saturated rings. The third-order valence-corrected chi connectivity index (χ3v) is 3.53. The van der Waals surface area contributed by atoms with Crippen LogP contribution < -0.4 is 5.32 Å². The Morgan fingerprint density at radius 1 is 1.29 bits per heavy atom. The summed E-state index contributed by atoms with van der Waals surface area (Å²) < 4.78 is 2.20. The molecule has 2 aromatic rings. The predicted molar refractivity (Wildman–Crippen MR) is 77.8 cm³/mol. The predicted octanol–water partition coefficient (Wildman–Crippen LogP) is 2.93. The lowest BCUT2D eigenvalue weighted by atomic mass is 9.84. The molecular formula is C14H20N2S. The number of nitrogens with one attached hydrogen (secondary N) is 1. The van der Waals surface area contributed by atoms with Gasteiger partial charge in [-0.1, -0.05) is 32.0 Å². The van der Waals surface area contributed by atoms with Gasteiger partial charge < -0.3 is 9.88 Å². The molecule has 1 aromatic heterocycles. The second-order valence-corrected chi connectivity index (χ2v) is 5.46. The fraction of sp³-hybridized carbons (Fsp3) is 0.429. The zero-order chi connectivity index (χ0) is 12.5. The molecule has 2 rings (SSSR count). The highest BCUT2D eigenvalue weighted by Gasteiger charge is 2.24. The van der Waals surface area contributed by atoms with Crippen LogP contribution in [0.15, 0.2) is 30.5 Å². The van der Waals surface area contributed by atoms with Crippen LogP contribution in [0.1, 0.15) is 19.4 Å². The van der Waals surface area contributed by atoms with Crippen molar-refractivity contribution in [2.24, 2.45) is 7.05 Å². The zero-order valence-corrected chi connectivity index (χ0v) is 11.6. The van der Waals surface area contributed by atoms with Gasteiger partial charge in [0.15, 0.2) is 0 Å². The summed E-state index contributed by atoms with van der Waals surface area (Å²) in [5, 5.41) is 4.66. The van der Waals surface area contributed by atoms with Crippen LogP contribution in [0, 0.1) is 0 Å². The number of hydrogen-bond donors (Lipinski definition) is 2. The summed E-state index contributed by atoms with van der Waals surface area (Å²) in [6.07, 6.45) is 2.24. The van der Waals surface area contributed by atoms with Gasteiger partial charge in [-0.25, -0.2) is 0 Å². The first-order valence-electron chi connectivity index (χ1n) is 5.92. The lowest BCUT2D eigenvalue weighted by Gasteiger charge is -2.24. The second kappa shape index (κ2) is 4.75. The van der Waals surface area contributed by atoms with Crippen molar-refractivity contribution in [1.82, 2.24) is 9.88 Å². The topological polar surface area (TPSA) is 17.0 Å². The molecule has 0 bridgehead atoms. The molecule has 0 spiro atoms. The highest BCUT2D eigenvalue weighted by atomic mass is 32.1. The van der Waals surface area contributed by atoms with E-state index in [1.54, 1.807) is 0 Å². The van der Waals surface area contributed by atoms with Crippen molar-refractivity contribution in [1.29, 1.82) is 0 Å². The fourth-order valence-corrected chi connectivity index (χ4v) is 2.46. The lowest BCUT2D eigenvalue weighted by molar-refractivity contribution is 0.493. The minimum absolute atomic E-state index is 0.115. The van der Waals surface area contributed by atoms with E-state index in [-0.39, 0.29) is 5.41 Å². The Labute approximate surface area is 108 Å². The maximum absolute atomic E-state index is 4.21. The van der Waals surface area contributed by atoms with Gasteiger partial charge in [0.1, 0.15) is 0 Å². The van der Waals surface area contributed by atoms with E-state index >= 15 is 0 Å². The molecule has 0 unspecified atom stereocenters. The van der Waals surface area contributed by atoms with Crippen molar-refractivity contribution < 1.29 is 0 Å². The normalized spacial score (nSPS) is 12.2. The number of nitrogens with zero attached hydrogens (tertiary/aromatic N) is 1. The van der Waals surface area contributed by atoms with Crippen molar-refractivity contribution in [3.63, 3.8) is 0 Å². The average molecular weight is 248 g/mol. The van der Waals surface area contributed by atoms with Crippen molar-refractivity contribution in [2.75, 3.05) is 12.4 Å². The highest BCUT2D eigenvalue weighted by molar-refractivity contribution is 7.80. The Hall–Kier alpha value is -0.930. The Morgan fingerprint density at radius 2 is 2.00 bits per heavy atom. The van der Waals surface area contributed by atoms with E-state index in [4.69, 9.17) is 0 Å². The molecule has 3 heteroatoms. The van der Waals surface area contributed by atoms with E-state index in [9.17, 15) is 0 Å². The van der Waals surface area contributed by atoms with Gasteiger partial charge in [0.25, 0.3) is 0 Å². The molecule has 92 valence electrons. The number of thiol groups is 1. The van der Waals surface area contributed by atoms with Gasteiger partial charge in [-0.15, -0.1) is 0 Å². The molecular weight excluding hydrogens is 228 g/mol. The van der Waals surface area contributed by atoms with E-state index < -0.39 is 0 Å². The number of aryl methyl sites for hydroxylation is 1. The Bertz CT molecular complexity index is 514. The first kappa shape index (κ1) is 12.5. The first-order valence-corrected chi connectivity index (χ1v) is 6.55. The monoisotopic (exact) mass is 248 g/mol. The van der Waals surface area contributed by atoms with Crippen LogP contribution in [0.2, 0.25) is 0 Å². The second-order valence-electron chi connectivity index (χ2n) is 5.14. The lowest BCUT2D eigenvalue weighted by Crippen LogP contribution is -2.32. The standard InChI is InChI=1S/C14H20N2S/c1-14(2,9-15-10-17)12-8-16(3)13-7-5-4-6-11(12)13/h4-8,15,17H,9-10H2,1-3H3. The molecule has 1 N–H and O–H groups in total. The van der Waals surface area contributed by atoms with Gasteiger partial charge in [-0.05, 0) is 11.6 Å². The van der Waals surface area contributed by atoms with E-state index in [1.165, 1.54) is 16.5 Å². The quantitative estimate of drug-likeness (QED) is 0.628. The van der Waals surface area contributed by atoms with Gasteiger partial charge in [0, 0.05) is 42.0 Å². The molecule has 1 heterocycles. The average Bonchev–Trinajstić information content (AvgIpc) is 2.66. The van der Waals surface area contributed by atoms with Crippen LogP contribution in [0.5, 0.6) is 0 Å². The van der Waals surface area contributed by atoms with E-state index in [0.717, 1.165) is 6.54 Å². The van der Waals surface area contributed by atoms with Gasteiger partial charge >= 0.3 is 0 Å². The fourth-order valence-electron chi connectivity index (χ4n) is 2.34. The van der Waals surface area contributed by atoms with Crippen molar-refractivity contribution in [3.05, 3.63) is 36.0 Å². The van der Waals surface area contributed by atoms with Crippen LogP contribution in [0.3, 0.4) is 0 Å². The number of benzene rings is 1. The van der Waals surface area contributed by atoms with Crippen molar-refractivity contribution in [2.45, 2.75) is 19.3 Å². The number of para-hydroxylation sites is 1. The molecule has 0 aliphatic rings. The molecule has 0 atom stereocenters. The van der Waals surface area contributed by atoms with Crippen molar-refractivity contribution in [3.8, 4) is 0 Å². The number of aromatic nitrogens is 1. The molecule has 0 saturated carbocycles. The third-order valence-electron chi connectivity index (χ3n) is 3.30. The van der Waals surface area contributed by atoms with Gasteiger partial charge in [0.2, 0.25) is 0 Å². The van der Waals surface area contributed by atoms with Crippen LogP contribution >= 0.6 is 12.6 Å². The van der Waals surface area contributed by atoms with Gasteiger partial charge in [0.05, 0.1) is 0 Å². The van der Waals surface area contributed by atoms with Crippen LogP contribution in [-0.4, -0.2) is 17.0 Å². The first-order chi connectivity index (χ1) is 8.06. The highest BCUT2D eigenvalue weighted by Crippen LogP contribution is 2.31. The van der Waals surface area contributed by atoms with Crippen molar-refractivity contribution >= 4 is 23.5 Å². The summed E-state index contributed by atoms with van der Waals surface area (Å²) in [5.74, 6) is 0.716. The SMILES string of the molecule is Cn1cc(C(C)(C)CNCS)c2ccccc21. The van der Waals surface area contributed by atoms with Crippen LogP contribution in [0.4, 0.5) is 0 Å². The molecule has 17 heavy (non-hydrogen) atoms. The zero-order valence-electron chi connectivity index (χ0n) is 10.7. The van der Waals surface area contributed by atoms with Crippen LogP contribution in [-0.2, 0) is 12.5 Å². The third kappa shape index (κ3) is 2.35. The maximum Gasteiger partial charge on any atom is 0.0480 e. The molecule has 0 saturated heterocycles. The largest absolute Gasteiger partial charge is 0.350 e. The summed E-state index contributed by atoms with van der Waals surface area (Å²) in [7, 11) is 2.11. The van der Waals surface area contributed by atoms with E-state index in [2.05, 4.69) is 73.9 Å². The molecule has 0 amide bonds. The van der Waals surface area contributed by atoms with E-state index in [1.807, 2.05) is 0 Å². The summed E-state index contributed by atoms with van der Waals surface area (Å²) in [4.78, 5) is 0. The Kier molecular flexibility index (Phi) is 3.50. The molecule has 2 nitrogen and oxygen atoms in total. The van der Waals surface area contributed by atoms with E-state index in [0.29, 0.717) is 5.88 Å². The summed E-state index contributed by atoms with van der Waals surface area (Å²) in [6, 6.07) is 8.56. The molecule has 1 aromatic carbocycles. The summed E-state index contributed by atoms with van der Waals surface area (Å²) in [6.45, 7) is 5.47. The minimum atomic E-state index is 0.115. The Morgan fingerprint density at radius 3 is 2.71 bits per heavy atom.